The Morgan fingerprint density at radius 3 is 2.60 bits per heavy atom. The van der Waals surface area contributed by atoms with Crippen LogP contribution in [0.15, 0.2) is 53.4 Å². The van der Waals surface area contributed by atoms with Gasteiger partial charge in [-0.15, -0.1) is 0 Å². The van der Waals surface area contributed by atoms with Crippen LogP contribution in [0.25, 0.3) is 0 Å². The first-order valence-electron chi connectivity index (χ1n) is 5.73. The Balaban J connectivity index is 2.38. The molecule has 6 heteroatoms. The monoisotopic (exact) mass is 288 g/mol. The fourth-order valence-corrected chi connectivity index (χ4v) is 2.78. The van der Waals surface area contributed by atoms with E-state index in [1.54, 1.807) is 30.3 Å². The fraction of sp³-hybridized carbons (Fsp3) is 0.0714. The lowest BCUT2D eigenvalue weighted by molar-refractivity contribution is 0.417. The largest absolute Gasteiger partial charge is 0.495 e. The summed E-state index contributed by atoms with van der Waals surface area (Å²) in [4.78, 5) is 0.0301. The Morgan fingerprint density at radius 2 is 1.90 bits per heavy atom. The third-order valence-electron chi connectivity index (χ3n) is 2.62. The molecular weight excluding hydrogens is 276 g/mol. The van der Waals surface area contributed by atoms with E-state index < -0.39 is 10.0 Å². The first-order valence-corrected chi connectivity index (χ1v) is 7.21. The van der Waals surface area contributed by atoms with E-state index in [9.17, 15) is 8.42 Å². The van der Waals surface area contributed by atoms with Crippen molar-refractivity contribution in [1.29, 1.82) is 5.26 Å². The van der Waals surface area contributed by atoms with Crippen molar-refractivity contribution >= 4 is 15.7 Å². The Kier molecular flexibility index (Phi) is 3.91. The van der Waals surface area contributed by atoms with Gasteiger partial charge in [-0.05, 0) is 30.3 Å². The Labute approximate surface area is 117 Å². The lowest BCUT2D eigenvalue weighted by atomic mass is 10.2. The van der Waals surface area contributed by atoms with Gasteiger partial charge in [0.15, 0.2) is 0 Å². The zero-order chi connectivity index (χ0) is 14.6. The summed E-state index contributed by atoms with van der Waals surface area (Å²) in [6.45, 7) is 0. The Morgan fingerprint density at radius 1 is 1.15 bits per heavy atom. The van der Waals surface area contributed by atoms with Crippen LogP contribution in [0.1, 0.15) is 5.56 Å². The first-order chi connectivity index (χ1) is 9.56. The maximum absolute atomic E-state index is 12.3. The molecule has 0 saturated heterocycles. The molecule has 0 atom stereocenters. The number of hydrogen-bond acceptors (Lipinski definition) is 4. The Hall–Kier alpha value is -2.52. The number of ether oxygens (including phenoxy) is 1. The Bertz CT molecular complexity index is 764. The van der Waals surface area contributed by atoms with Gasteiger partial charge >= 0.3 is 0 Å². The number of benzene rings is 2. The van der Waals surface area contributed by atoms with Crippen LogP contribution in [0.3, 0.4) is 0 Å². The molecule has 0 aromatic heterocycles. The van der Waals surface area contributed by atoms with Crippen molar-refractivity contribution in [2.75, 3.05) is 11.8 Å². The zero-order valence-corrected chi connectivity index (χ0v) is 11.5. The molecule has 102 valence electrons. The summed E-state index contributed by atoms with van der Waals surface area (Å²) < 4.78 is 32.1. The SMILES string of the molecule is COc1ccccc1NS(=O)(=O)c1cccc(C#N)c1. The molecule has 0 aliphatic carbocycles. The van der Waals surface area contributed by atoms with Crippen LogP contribution in [0.4, 0.5) is 5.69 Å². The molecule has 0 aliphatic rings. The van der Waals surface area contributed by atoms with E-state index in [1.165, 1.54) is 25.3 Å². The van der Waals surface area contributed by atoms with Gasteiger partial charge in [-0.2, -0.15) is 5.26 Å². The number of nitrogens with zero attached hydrogens (tertiary/aromatic N) is 1. The lowest BCUT2D eigenvalue weighted by Crippen LogP contribution is -2.13. The van der Waals surface area contributed by atoms with E-state index in [-0.39, 0.29) is 10.5 Å². The second-order valence-corrected chi connectivity index (χ2v) is 5.63. The van der Waals surface area contributed by atoms with E-state index in [4.69, 9.17) is 10.00 Å². The minimum atomic E-state index is -3.76. The summed E-state index contributed by atoms with van der Waals surface area (Å²) in [6.07, 6.45) is 0. The quantitative estimate of drug-likeness (QED) is 0.936. The van der Waals surface area contributed by atoms with Crippen LogP contribution in [-0.4, -0.2) is 15.5 Å². The van der Waals surface area contributed by atoms with Gasteiger partial charge in [0.1, 0.15) is 5.75 Å². The lowest BCUT2D eigenvalue weighted by Gasteiger charge is -2.11. The van der Waals surface area contributed by atoms with Gasteiger partial charge in [-0.1, -0.05) is 18.2 Å². The van der Waals surface area contributed by atoms with Gasteiger partial charge in [-0.25, -0.2) is 8.42 Å². The van der Waals surface area contributed by atoms with Gasteiger partial charge < -0.3 is 4.74 Å². The highest BCUT2D eigenvalue weighted by Crippen LogP contribution is 2.26. The smallest absolute Gasteiger partial charge is 0.262 e. The van der Waals surface area contributed by atoms with Crippen LogP contribution in [0.2, 0.25) is 0 Å². The predicted molar refractivity (Wildman–Crippen MR) is 75.0 cm³/mol. The molecule has 2 aromatic rings. The molecule has 5 nitrogen and oxygen atoms in total. The summed E-state index contributed by atoms with van der Waals surface area (Å²) >= 11 is 0. The van der Waals surface area contributed by atoms with Crippen molar-refractivity contribution in [1.82, 2.24) is 0 Å². The van der Waals surface area contributed by atoms with E-state index in [0.717, 1.165) is 0 Å². The van der Waals surface area contributed by atoms with Crippen molar-refractivity contribution in [3.8, 4) is 11.8 Å². The summed E-state index contributed by atoms with van der Waals surface area (Å²) in [5.74, 6) is 0.424. The number of sulfonamides is 1. The van der Waals surface area contributed by atoms with E-state index >= 15 is 0 Å². The summed E-state index contributed by atoms with van der Waals surface area (Å²) in [7, 11) is -2.30. The molecule has 0 spiro atoms. The summed E-state index contributed by atoms with van der Waals surface area (Å²) in [6, 6.07) is 14.4. The molecule has 1 N–H and O–H groups in total. The highest BCUT2D eigenvalue weighted by Gasteiger charge is 2.16. The van der Waals surface area contributed by atoms with Crippen molar-refractivity contribution in [2.45, 2.75) is 4.90 Å². The highest BCUT2D eigenvalue weighted by atomic mass is 32.2. The van der Waals surface area contributed by atoms with Gasteiger partial charge in [0.2, 0.25) is 0 Å². The van der Waals surface area contributed by atoms with Crippen molar-refractivity contribution < 1.29 is 13.2 Å². The molecule has 0 aliphatic heterocycles. The number of nitriles is 1. The number of nitrogens with one attached hydrogen (secondary N) is 1. The van der Waals surface area contributed by atoms with Crippen LogP contribution in [0.5, 0.6) is 5.75 Å². The summed E-state index contributed by atoms with van der Waals surface area (Å²) in [5.41, 5.74) is 0.630. The van der Waals surface area contributed by atoms with Crippen LogP contribution in [-0.2, 0) is 10.0 Å². The average Bonchev–Trinajstić information content (AvgIpc) is 2.47. The maximum Gasteiger partial charge on any atom is 0.262 e. The fourth-order valence-electron chi connectivity index (χ4n) is 1.67. The van der Waals surface area contributed by atoms with Crippen molar-refractivity contribution in [3.63, 3.8) is 0 Å². The van der Waals surface area contributed by atoms with Crippen molar-refractivity contribution in [2.24, 2.45) is 0 Å². The van der Waals surface area contributed by atoms with Crippen LogP contribution >= 0.6 is 0 Å². The molecule has 2 rings (SSSR count). The van der Waals surface area contributed by atoms with Gasteiger partial charge in [-0.3, -0.25) is 4.72 Å². The van der Waals surface area contributed by atoms with Gasteiger partial charge in [0.25, 0.3) is 10.0 Å². The van der Waals surface area contributed by atoms with E-state index in [1.807, 2.05) is 6.07 Å². The number of methoxy groups -OCH3 is 1. The first kappa shape index (κ1) is 13.9. The van der Waals surface area contributed by atoms with Crippen molar-refractivity contribution in [3.05, 3.63) is 54.1 Å². The molecule has 0 radical (unpaired) electrons. The van der Waals surface area contributed by atoms with Crippen LogP contribution in [0, 0.1) is 11.3 Å². The molecule has 0 fully saturated rings. The predicted octanol–water partition coefficient (Wildman–Crippen LogP) is 2.37. The van der Waals surface area contributed by atoms with Gasteiger partial charge in [0, 0.05) is 0 Å². The molecule has 0 unspecified atom stereocenters. The normalized spacial score (nSPS) is 10.6. The maximum atomic E-state index is 12.3. The second kappa shape index (κ2) is 5.63. The molecule has 0 heterocycles. The summed E-state index contributed by atoms with van der Waals surface area (Å²) in [5, 5.41) is 8.81. The molecule has 0 bridgehead atoms. The number of anilines is 1. The third-order valence-corrected chi connectivity index (χ3v) is 3.99. The zero-order valence-electron chi connectivity index (χ0n) is 10.7. The molecular formula is C14H12N2O3S. The van der Waals surface area contributed by atoms with Gasteiger partial charge in [0.05, 0.1) is 29.3 Å². The minimum Gasteiger partial charge on any atom is -0.495 e. The molecule has 0 amide bonds. The molecule has 2 aromatic carbocycles. The average molecular weight is 288 g/mol. The van der Waals surface area contributed by atoms with E-state index in [0.29, 0.717) is 11.4 Å². The number of para-hydroxylation sites is 2. The third kappa shape index (κ3) is 2.90. The highest BCUT2D eigenvalue weighted by molar-refractivity contribution is 7.92. The molecule has 0 saturated carbocycles. The standard InChI is InChI=1S/C14H12N2O3S/c1-19-14-8-3-2-7-13(14)16-20(17,18)12-6-4-5-11(9-12)10-15/h2-9,16H,1H3. The van der Waals surface area contributed by atoms with E-state index in [2.05, 4.69) is 4.72 Å². The van der Waals surface area contributed by atoms with Crippen LogP contribution < -0.4 is 9.46 Å². The number of hydrogen-bond donors (Lipinski definition) is 1. The molecule has 20 heavy (non-hydrogen) atoms. The number of rotatable bonds is 4. The minimum absolute atomic E-state index is 0.0301. The topological polar surface area (TPSA) is 79.2 Å². The second-order valence-electron chi connectivity index (χ2n) is 3.95.